The molecule has 7 heteroatoms. The number of carbonyl (C=O) groups is 1. The summed E-state index contributed by atoms with van der Waals surface area (Å²) in [5, 5.41) is 0. The molecule has 0 bridgehead atoms. The predicted octanol–water partition coefficient (Wildman–Crippen LogP) is 0.301. The average Bonchev–Trinajstić information content (AvgIpc) is 2.53. The summed E-state index contributed by atoms with van der Waals surface area (Å²) in [5.74, 6) is 0.167. The van der Waals surface area contributed by atoms with Crippen LogP contribution >= 0.6 is 0 Å². The molecule has 1 amide bonds. The van der Waals surface area contributed by atoms with E-state index in [2.05, 4.69) is 16.7 Å². The number of nitrogens with zero attached hydrogens (tertiary/aromatic N) is 2. The van der Waals surface area contributed by atoms with E-state index in [9.17, 15) is 13.2 Å². The first-order chi connectivity index (χ1) is 10.4. The minimum atomic E-state index is -3.40. The van der Waals surface area contributed by atoms with Gasteiger partial charge in [-0.15, -0.1) is 0 Å². The Morgan fingerprint density at radius 3 is 2.27 bits per heavy atom. The Balaban J connectivity index is 1.88. The standard InChI is InChI=1S/C15H23N3O3S/c1-16-22(20,21)14-6-3-13(4-7-14)5-8-15(19)18-11-9-17(2)10-12-18/h3-4,6-7,16H,5,8-12H2,1-2H3. The van der Waals surface area contributed by atoms with Gasteiger partial charge in [0.1, 0.15) is 0 Å². The van der Waals surface area contributed by atoms with Crippen LogP contribution in [0.2, 0.25) is 0 Å². The molecule has 0 saturated carbocycles. The van der Waals surface area contributed by atoms with E-state index in [-0.39, 0.29) is 10.8 Å². The fourth-order valence-corrected chi connectivity index (χ4v) is 3.15. The molecule has 0 unspecified atom stereocenters. The summed E-state index contributed by atoms with van der Waals surface area (Å²) in [6.45, 7) is 3.41. The monoisotopic (exact) mass is 325 g/mol. The maximum absolute atomic E-state index is 12.2. The molecule has 0 atom stereocenters. The molecule has 122 valence electrons. The van der Waals surface area contributed by atoms with Gasteiger partial charge in [0.15, 0.2) is 0 Å². The molecule has 0 aromatic heterocycles. The highest BCUT2D eigenvalue weighted by molar-refractivity contribution is 7.89. The van der Waals surface area contributed by atoms with Gasteiger partial charge in [-0.3, -0.25) is 4.79 Å². The van der Waals surface area contributed by atoms with Gasteiger partial charge in [-0.05, 0) is 38.2 Å². The zero-order valence-electron chi connectivity index (χ0n) is 13.1. The van der Waals surface area contributed by atoms with Crippen molar-refractivity contribution in [1.82, 2.24) is 14.5 Å². The molecule has 0 aliphatic carbocycles. The zero-order valence-corrected chi connectivity index (χ0v) is 13.9. The summed E-state index contributed by atoms with van der Waals surface area (Å²) in [5.41, 5.74) is 0.970. The first-order valence-corrected chi connectivity index (χ1v) is 8.89. The number of sulfonamides is 1. The third-order valence-electron chi connectivity index (χ3n) is 3.99. The molecule has 1 aromatic carbocycles. The molecule has 1 aromatic rings. The molecule has 1 aliphatic rings. The van der Waals surface area contributed by atoms with Gasteiger partial charge in [0.25, 0.3) is 0 Å². The Kier molecular flexibility index (Phi) is 5.55. The first kappa shape index (κ1) is 16.9. The van der Waals surface area contributed by atoms with Crippen molar-refractivity contribution < 1.29 is 13.2 Å². The highest BCUT2D eigenvalue weighted by Gasteiger charge is 2.18. The van der Waals surface area contributed by atoms with E-state index in [1.165, 1.54) is 7.05 Å². The van der Waals surface area contributed by atoms with E-state index in [1.54, 1.807) is 24.3 Å². The van der Waals surface area contributed by atoms with Crippen LogP contribution in [-0.2, 0) is 21.2 Å². The van der Waals surface area contributed by atoms with Crippen LogP contribution in [0, 0.1) is 0 Å². The molecule has 0 spiro atoms. The fourth-order valence-electron chi connectivity index (χ4n) is 2.42. The van der Waals surface area contributed by atoms with E-state index in [0.29, 0.717) is 12.8 Å². The van der Waals surface area contributed by atoms with Crippen molar-refractivity contribution >= 4 is 15.9 Å². The number of hydrogen-bond donors (Lipinski definition) is 1. The van der Waals surface area contributed by atoms with Gasteiger partial charge in [-0.2, -0.15) is 0 Å². The molecule has 6 nitrogen and oxygen atoms in total. The quantitative estimate of drug-likeness (QED) is 0.845. The van der Waals surface area contributed by atoms with Crippen LogP contribution < -0.4 is 4.72 Å². The lowest BCUT2D eigenvalue weighted by Gasteiger charge is -2.32. The smallest absolute Gasteiger partial charge is 0.240 e. The number of rotatable bonds is 5. The van der Waals surface area contributed by atoms with Gasteiger partial charge in [0.05, 0.1) is 4.90 Å². The number of nitrogens with one attached hydrogen (secondary N) is 1. The Labute approximate surface area is 132 Å². The number of aryl methyl sites for hydroxylation is 1. The predicted molar refractivity (Wildman–Crippen MR) is 85.1 cm³/mol. The lowest BCUT2D eigenvalue weighted by atomic mass is 10.1. The summed E-state index contributed by atoms with van der Waals surface area (Å²) in [7, 11) is 0.0466. The summed E-state index contributed by atoms with van der Waals surface area (Å²) in [6, 6.07) is 6.67. The zero-order chi connectivity index (χ0) is 16.2. The largest absolute Gasteiger partial charge is 0.340 e. The van der Waals surface area contributed by atoms with Crippen molar-refractivity contribution in [3.63, 3.8) is 0 Å². The summed E-state index contributed by atoms with van der Waals surface area (Å²) in [4.78, 5) is 16.5. The third kappa shape index (κ3) is 4.28. The Morgan fingerprint density at radius 2 is 1.73 bits per heavy atom. The molecule has 1 fully saturated rings. The molecule has 2 rings (SSSR count). The molecule has 1 heterocycles. The van der Waals surface area contributed by atoms with Gasteiger partial charge in [-0.1, -0.05) is 12.1 Å². The van der Waals surface area contributed by atoms with Gasteiger partial charge >= 0.3 is 0 Å². The number of carbonyl (C=O) groups excluding carboxylic acids is 1. The minimum absolute atomic E-state index is 0.167. The molecule has 0 radical (unpaired) electrons. The Bertz CT molecular complexity index is 605. The summed E-state index contributed by atoms with van der Waals surface area (Å²) < 4.78 is 25.6. The molecule has 1 saturated heterocycles. The number of piperazine rings is 1. The fraction of sp³-hybridized carbons (Fsp3) is 0.533. The molecular formula is C15H23N3O3S. The van der Waals surface area contributed by atoms with E-state index in [1.807, 2.05) is 4.90 Å². The number of hydrogen-bond acceptors (Lipinski definition) is 4. The van der Waals surface area contributed by atoms with Crippen LogP contribution in [0.5, 0.6) is 0 Å². The second kappa shape index (κ2) is 7.21. The van der Waals surface area contributed by atoms with Gasteiger partial charge in [0, 0.05) is 32.6 Å². The maximum atomic E-state index is 12.2. The number of likely N-dealkylation sites (N-methyl/N-ethyl adjacent to an activating group) is 1. The topological polar surface area (TPSA) is 69.7 Å². The number of benzene rings is 1. The Morgan fingerprint density at radius 1 is 1.14 bits per heavy atom. The van der Waals surface area contributed by atoms with Crippen LogP contribution in [0.15, 0.2) is 29.2 Å². The second-order valence-electron chi connectivity index (χ2n) is 5.54. The molecular weight excluding hydrogens is 302 g/mol. The molecule has 1 aliphatic heterocycles. The van der Waals surface area contributed by atoms with Crippen LogP contribution in [0.25, 0.3) is 0 Å². The average molecular weight is 325 g/mol. The van der Waals surface area contributed by atoms with Crippen LogP contribution in [-0.4, -0.2) is 64.4 Å². The SMILES string of the molecule is CNS(=O)(=O)c1ccc(CCC(=O)N2CCN(C)CC2)cc1. The summed E-state index contributed by atoms with van der Waals surface area (Å²) in [6.07, 6.45) is 1.09. The lowest BCUT2D eigenvalue weighted by Crippen LogP contribution is -2.47. The van der Waals surface area contributed by atoms with Crippen LogP contribution in [0.3, 0.4) is 0 Å². The highest BCUT2D eigenvalue weighted by Crippen LogP contribution is 2.12. The van der Waals surface area contributed by atoms with Crippen LogP contribution in [0.4, 0.5) is 0 Å². The van der Waals surface area contributed by atoms with Crippen LogP contribution in [0.1, 0.15) is 12.0 Å². The second-order valence-corrected chi connectivity index (χ2v) is 7.42. The van der Waals surface area contributed by atoms with Crippen molar-refractivity contribution in [2.45, 2.75) is 17.7 Å². The van der Waals surface area contributed by atoms with Gasteiger partial charge in [-0.25, -0.2) is 13.1 Å². The first-order valence-electron chi connectivity index (χ1n) is 7.41. The minimum Gasteiger partial charge on any atom is -0.340 e. The van der Waals surface area contributed by atoms with Crippen molar-refractivity contribution in [2.75, 3.05) is 40.3 Å². The molecule has 1 N–H and O–H groups in total. The number of amides is 1. The highest BCUT2D eigenvalue weighted by atomic mass is 32.2. The van der Waals surface area contributed by atoms with Crippen molar-refractivity contribution in [2.24, 2.45) is 0 Å². The third-order valence-corrected chi connectivity index (χ3v) is 5.42. The van der Waals surface area contributed by atoms with E-state index < -0.39 is 10.0 Å². The summed E-state index contributed by atoms with van der Waals surface area (Å²) >= 11 is 0. The Hall–Kier alpha value is -1.44. The van der Waals surface area contributed by atoms with Gasteiger partial charge in [0.2, 0.25) is 15.9 Å². The van der Waals surface area contributed by atoms with Crippen molar-refractivity contribution in [1.29, 1.82) is 0 Å². The van der Waals surface area contributed by atoms with Gasteiger partial charge < -0.3 is 9.80 Å². The lowest BCUT2D eigenvalue weighted by molar-refractivity contribution is -0.132. The normalized spacial score (nSPS) is 16.7. The van der Waals surface area contributed by atoms with Crippen molar-refractivity contribution in [3.05, 3.63) is 29.8 Å². The van der Waals surface area contributed by atoms with Crippen molar-refractivity contribution in [3.8, 4) is 0 Å². The van der Waals surface area contributed by atoms with E-state index in [0.717, 1.165) is 31.7 Å². The maximum Gasteiger partial charge on any atom is 0.240 e. The van der Waals surface area contributed by atoms with E-state index >= 15 is 0 Å². The molecule has 22 heavy (non-hydrogen) atoms. The van der Waals surface area contributed by atoms with E-state index in [4.69, 9.17) is 0 Å².